The van der Waals surface area contributed by atoms with Crippen molar-refractivity contribution >= 4 is 17.8 Å². The van der Waals surface area contributed by atoms with E-state index in [-0.39, 0.29) is 11.8 Å². The van der Waals surface area contributed by atoms with Crippen LogP contribution in [0.2, 0.25) is 0 Å². The molecule has 2 aliphatic rings. The normalized spacial score (nSPS) is 22.0. The van der Waals surface area contributed by atoms with Crippen LogP contribution in [0.1, 0.15) is 43.2 Å². The molecule has 0 aromatic heterocycles. The summed E-state index contributed by atoms with van der Waals surface area (Å²) in [5.41, 5.74) is 7.87. The van der Waals surface area contributed by atoms with Crippen molar-refractivity contribution < 1.29 is 19.5 Å². The van der Waals surface area contributed by atoms with Crippen molar-refractivity contribution in [3.8, 4) is 0 Å². The highest BCUT2D eigenvalue weighted by Crippen LogP contribution is 2.21. The minimum absolute atomic E-state index is 0.225. The van der Waals surface area contributed by atoms with Crippen molar-refractivity contribution in [2.75, 3.05) is 13.1 Å². The summed E-state index contributed by atoms with van der Waals surface area (Å²) in [5.74, 6) is -1.53. The van der Waals surface area contributed by atoms with Crippen molar-refractivity contribution in [1.29, 1.82) is 0 Å². The molecule has 0 bridgehead atoms. The van der Waals surface area contributed by atoms with E-state index in [0.717, 1.165) is 12.0 Å². The van der Waals surface area contributed by atoms with Crippen molar-refractivity contribution in [3.05, 3.63) is 35.4 Å². The Morgan fingerprint density at radius 1 is 1.24 bits per heavy atom. The fourth-order valence-corrected chi connectivity index (χ4v) is 4.15. The summed E-state index contributed by atoms with van der Waals surface area (Å²) >= 11 is 0. The first-order chi connectivity index (χ1) is 14.0. The summed E-state index contributed by atoms with van der Waals surface area (Å²) in [4.78, 5) is 38.8. The van der Waals surface area contributed by atoms with Gasteiger partial charge in [0.25, 0.3) is 0 Å². The van der Waals surface area contributed by atoms with E-state index in [0.29, 0.717) is 51.7 Å². The van der Waals surface area contributed by atoms with Crippen molar-refractivity contribution in [2.24, 2.45) is 5.73 Å². The first kappa shape index (κ1) is 21.3. The predicted octanol–water partition coefficient (Wildman–Crippen LogP) is 0.390. The number of fused-ring (bicyclic) bond motifs is 1. The van der Waals surface area contributed by atoms with Crippen molar-refractivity contribution in [1.82, 2.24) is 15.5 Å². The summed E-state index contributed by atoms with van der Waals surface area (Å²) < 4.78 is 0. The van der Waals surface area contributed by atoms with E-state index < -0.39 is 24.1 Å². The topological polar surface area (TPSA) is 125 Å². The second-order valence-corrected chi connectivity index (χ2v) is 7.78. The SMILES string of the molecule is NCCCC[C@H](NC(=O)[C@@H]1Cc2ccccc2CN1)C(=O)N1CCC[C@H]1C(=O)O. The fraction of sp³-hybridized carbons (Fsp3) is 0.571. The molecule has 0 radical (unpaired) electrons. The molecule has 29 heavy (non-hydrogen) atoms. The number of nitrogens with two attached hydrogens (primary N) is 1. The number of hydrogen-bond donors (Lipinski definition) is 4. The van der Waals surface area contributed by atoms with E-state index in [9.17, 15) is 19.5 Å². The van der Waals surface area contributed by atoms with Gasteiger partial charge < -0.3 is 26.4 Å². The van der Waals surface area contributed by atoms with E-state index in [1.54, 1.807) is 0 Å². The zero-order chi connectivity index (χ0) is 20.8. The smallest absolute Gasteiger partial charge is 0.326 e. The standard InChI is InChI=1S/C21H30N4O4/c22-10-4-3-8-16(20(27)25-11-5-9-18(25)21(28)29)24-19(26)17-12-14-6-1-2-7-15(14)13-23-17/h1-2,6-7,16-18,23H,3-5,8-13,22H2,(H,24,26)(H,28,29)/t16-,17-,18-/m0/s1. The van der Waals surface area contributed by atoms with Gasteiger partial charge in [-0.2, -0.15) is 0 Å². The van der Waals surface area contributed by atoms with E-state index in [1.165, 1.54) is 10.5 Å². The first-order valence-electron chi connectivity index (χ1n) is 10.3. The van der Waals surface area contributed by atoms with Crippen LogP contribution in [-0.4, -0.2) is 59.0 Å². The van der Waals surface area contributed by atoms with Crippen LogP contribution in [0, 0.1) is 0 Å². The van der Waals surface area contributed by atoms with Crippen LogP contribution < -0.4 is 16.4 Å². The molecular weight excluding hydrogens is 372 g/mol. The number of nitrogens with one attached hydrogen (secondary N) is 2. The Morgan fingerprint density at radius 3 is 2.72 bits per heavy atom. The second-order valence-electron chi connectivity index (χ2n) is 7.78. The molecule has 8 nitrogen and oxygen atoms in total. The minimum Gasteiger partial charge on any atom is -0.480 e. The molecule has 3 rings (SSSR count). The number of likely N-dealkylation sites (tertiary alicyclic amines) is 1. The van der Waals surface area contributed by atoms with Gasteiger partial charge in [-0.1, -0.05) is 24.3 Å². The van der Waals surface area contributed by atoms with Crippen LogP contribution in [0.15, 0.2) is 24.3 Å². The Kier molecular flexibility index (Phi) is 7.22. The summed E-state index contributed by atoms with van der Waals surface area (Å²) in [7, 11) is 0. The number of hydrogen-bond acceptors (Lipinski definition) is 5. The molecule has 3 atom stereocenters. The average Bonchev–Trinajstić information content (AvgIpc) is 3.22. The summed E-state index contributed by atoms with van der Waals surface area (Å²) in [5, 5.41) is 15.5. The lowest BCUT2D eigenvalue weighted by Gasteiger charge is -2.30. The molecule has 1 aromatic carbocycles. The lowest BCUT2D eigenvalue weighted by molar-refractivity contribution is -0.149. The summed E-state index contributed by atoms with van der Waals surface area (Å²) in [6.07, 6.45) is 3.57. The quantitative estimate of drug-likeness (QED) is 0.466. The van der Waals surface area contributed by atoms with Gasteiger partial charge in [-0.3, -0.25) is 9.59 Å². The van der Waals surface area contributed by atoms with Gasteiger partial charge in [-0.15, -0.1) is 0 Å². The number of carbonyl (C=O) groups excluding carboxylic acids is 2. The molecule has 0 unspecified atom stereocenters. The third kappa shape index (κ3) is 5.13. The maximum Gasteiger partial charge on any atom is 0.326 e. The number of carboxylic acids is 1. The predicted molar refractivity (Wildman–Crippen MR) is 108 cm³/mol. The molecule has 0 saturated carbocycles. The summed E-state index contributed by atoms with van der Waals surface area (Å²) in [6, 6.07) is 6.03. The van der Waals surface area contributed by atoms with Gasteiger partial charge in [0.15, 0.2) is 0 Å². The highest BCUT2D eigenvalue weighted by atomic mass is 16.4. The number of nitrogens with zero attached hydrogens (tertiary/aromatic N) is 1. The van der Waals surface area contributed by atoms with E-state index in [2.05, 4.69) is 10.6 Å². The monoisotopic (exact) mass is 402 g/mol. The molecule has 0 spiro atoms. The van der Waals surface area contributed by atoms with Gasteiger partial charge in [0, 0.05) is 13.1 Å². The van der Waals surface area contributed by atoms with Crippen molar-refractivity contribution in [3.63, 3.8) is 0 Å². The first-order valence-corrected chi connectivity index (χ1v) is 10.3. The zero-order valence-corrected chi connectivity index (χ0v) is 16.6. The number of carbonyl (C=O) groups is 3. The molecular formula is C21H30N4O4. The van der Waals surface area contributed by atoms with Gasteiger partial charge in [-0.25, -0.2) is 4.79 Å². The number of aliphatic carboxylic acids is 1. The van der Waals surface area contributed by atoms with Gasteiger partial charge >= 0.3 is 5.97 Å². The van der Waals surface area contributed by atoms with E-state index in [4.69, 9.17) is 5.73 Å². The summed E-state index contributed by atoms with van der Waals surface area (Å²) in [6.45, 7) is 1.53. The molecule has 1 saturated heterocycles. The second kappa shape index (κ2) is 9.84. The van der Waals surface area contributed by atoms with Crippen LogP contribution in [0.5, 0.6) is 0 Å². The lowest BCUT2D eigenvalue weighted by Crippen LogP contribution is -2.56. The van der Waals surface area contributed by atoms with Crippen LogP contribution in [0.25, 0.3) is 0 Å². The molecule has 2 amide bonds. The Labute approximate surface area is 170 Å². The van der Waals surface area contributed by atoms with Gasteiger partial charge in [0.05, 0.1) is 6.04 Å². The van der Waals surface area contributed by atoms with E-state index >= 15 is 0 Å². The van der Waals surface area contributed by atoms with Gasteiger partial charge in [0.1, 0.15) is 12.1 Å². The van der Waals surface area contributed by atoms with Crippen LogP contribution in [-0.2, 0) is 27.3 Å². The van der Waals surface area contributed by atoms with Crippen LogP contribution >= 0.6 is 0 Å². The molecule has 158 valence electrons. The maximum absolute atomic E-state index is 13.1. The van der Waals surface area contributed by atoms with Gasteiger partial charge in [-0.05, 0) is 56.2 Å². The minimum atomic E-state index is -0.992. The molecule has 8 heteroatoms. The van der Waals surface area contributed by atoms with Crippen LogP contribution in [0.3, 0.4) is 0 Å². The Morgan fingerprint density at radius 2 is 2.00 bits per heavy atom. The zero-order valence-electron chi connectivity index (χ0n) is 16.6. The number of amides is 2. The third-order valence-corrected chi connectivity index (χ3v) is 5.78. The average molecular weight is 402 g/mol. The molecule has 0 aliphatic carbocycles. The Hall–Kier alpha value is -2.45. The van der Waals surface area contributed by atoms with Crippen molar-refractivity contribution in [2.45, 2.75) is 63.2 Å². The molecule has 5 N–H and O–H groups in total. The van der Waals surface area contributed by atoms with E-state index in [1.807, 2.05) is 24.3 Å². The molecule has 1 aromatic rings. The molecule has 2 heterocycles. The Balaban J connectivity index is 1.67. The fourth-order valence-electron chi connectivity index (χ4n) is 4.15. The maximum atomic E-state index is 13.1. The largest absolute Gasteiger partial charge is 0.480 e. The highest BCUT2D eigenvalue weighted by Gasteiger charge is 2.38. The molecule has 2 aliphatic heterocycles. The van der Waals surface area contributed by atoms with Crippen LogP contribution in [0.4, 0.5) is 0 Å². The van der Waals surface area contributed by atoms with Gasteiger partial charge in [0.2, 0.25) is 11.8 Å². The number of rotatable bonds is 8. The number of unbranched alkanes of at least 4 members (excludes halogenated alkanes) is 1. The lowest BCUT2D eigenvalue weighted by atomic mass is 9.95. The number of benzene rings is 1. The molecule has 1 fully saturated rings. The number of carboxylic acid groups (broad SMARTS) is 1. The Bertz CT molecular complexity index is 754. The third-order valence-electron chi connectivity index (χ3n) is 5.78. The highest BCUT2D eigenvalue weighted by molar-refractivity contribution is 5.92.